The summed E-state index contributed by atoms with van der Waals surface area (Å²) in [6.45, 7) is 1.89. The lowest BCUT2D eigenvalue weighted by Gasteiger charge is -2.18. The van der Waals surface area contributed by atoms with Crippen molar-refractivity contribution in [2.24, 2.45) is 0 Å². The monoisotopic (exact) mass is 401 g/mol. The highest BCUT2D eigenvalue weighted by molar-refractivity contribution is 14.1. The molecule has 1 aromatic heterocycles. The average Bonchev–Trinajstić information content (AvgIpc) is 2.92. The van der Waals surface area contributed by atoms with Crippen molar-refractivity contribution in [2.45, 2.75) is 13.0 Å². The van der Waals surface area contributed by atoms with E-state index in [0.29, 0.717) is 17.2 Å². The molecular formula is C14H16IN3O3. The van der Waals surface area contributed by atoms with Gasteiger partial charge < -0.3 is 14.8 Å². The van der Waals surface area contributed by atoms with Crippen LogP contribution in [-0.2, 0) is 0 Å². The molecule has 0 aliphatic rings. The smallest absolute Gasteiger partial charge is 0.270 e. The first-order valence-electron chi connectivity index (χ1n) is 6.28. The Balaban J connectivity index is 2.22. The number of halogens is 1. The Labute approximate surface area is 136 Å². The molecule has 0 radical (unpaired) electrons. The standard InChI is InChI=1S/C14H16IN3O3/c1-8(17-14(19)13-11(15)7-16-18-13)10-6-9(20-2)4-5-12(10)21-3/h4-8H,1-3H3,(H,16,18)(H,17,19). The number of nitrogens with zero attached hydrogens (tertiary/aromatic N) is 1. The van der Waals surface area contributed by atoms with Crippen LogP contribution in [0.4, 0.5) is 0 Å². The molecule has 0 bridgehead atoms. The Hall–Kier alpha value is -1.77. The number of methoxy groups -OCH3 is 2. The van der Waals surface area contributed by atoms with Crippen molar-refractivity contribution in [3.8, 4) is 11.5 Å². The number of carbonyl (C=O) groups excluding carboxylic acids is 1. The average molecular weight is 401 g/mol. The van der Waals surface area contributed by atoms with Gasteiger partial charge in [0.05, 0.1) is 30.0 Å². The third-order valence-electron chi connectivity index (χ3n) is 3.07. The molecule has 112 valence electrons. The highest BCUT2D eigenvalue weighted by atomic mass is 127. The fourth-order valence-corrected chi connectivity index (χ4v) is 2.46. The van der Waals surface area contributed by atoms with Gasteiger partial charge in [0.1, 0.15) is 17.2 Å². The minimum Gasteiger partial charge on any atom is -0.497 e. The summed E-state index contributed by atoms with van der Waals surface area (Å²) in [6, 6.07) is 5.24. The van der Waals surface area contributed by atoms with Gasteiger partial charge in [0.15, 0.2) is 0 Å². The molecule has 21 heavy (non-hydrogen) atoms. The number of carbonyl (C=O) groups is 1. The van der Waals surface area contributed by atoms with E-state index in [1.54, 1.807) is 20.4 Å². The van der Waals surface area contributed by atoms with E-state index >= 15 is 0 Å². The predicted octanol–water partition coefficient (Wildman–Crippen LogP) is 2.52. The first-order chi connectivity index (χ1) is 10.1. The summed E-state index contributed by atoms with van der Waals surface area (Å²) >= 11 is 2.06. The highest BCUT2D eigenvalue weighted by Crippen LogP contribution is 2.29. The normalized spacial score (nSPS) is 11.8. The zero-order chi connectivity index (χ0) is 15.4. The summed E-state index contributed by atoms with van der Waals surface area (Å²) in [6.07, 6.45) is 1.60. The van der Waals surface area contributed by atoms with Crippen LogP contribution in [0.3, 0.4) is 0 Å². The van der Waals surface area contributed by atoms with Gasteiger partial charge >= 0.3 is 0 Å². The molecule has 1 atom stereocenters. The second kappa shape index (κ2) is 6.79. The summed E-state index contributed by atoms with van der Waals surface area (Å²) in [7, 11) is 3.19. The number of ether oxygens (including phenoxy) is 2. The molecule has 1 heterocycles. The summed E-state index contributed by atoms with van der Waals surface area (Å²) < 4.78 is 11.3. The molecule has 0 aliphatic heterocycles. The van der Waals surface area contributed by atoms with Crippen LogP contribution in [0.15, 0.2) is 24.4 Å². The molecule has 1 aromatic carbocycles. The number of hydrogen-bond acceptors (Lipinski definition) is 4. The Morgan fingerprint density at radius 1 is 1.38 bits per heavy atom. The molecule has 0 saturated carbocycles. The van der Waals surface area contributed by atoms with Crippen molar-refractivity contribution in [1.29, 1.82) is 0 Å². The number of nitrogens with one attached hydrogen (secondary N) is 2. The Kier molecular flexibility index (Phi) is 5.05. The van der Waals surface area contributed by atoms with Gasteiger partial charge in [-0.15, -0.1) is 0 Å². The van der Waals surface area contributed by atoms with Crippen LogP contribution in [0.1, 0.15) is 29.0 Å². The molecule has 6 nitrogen and oxygen atoms in total. The first-order valence-corrected chi connectivity index (χ1v) is 7.36. The van der Waals surface area contributed by atoms with Crippen LogP contribution < -0.4 is 14.8 Å². The maximum atomic E-state index is 12.2. The lowest BCUT2D eigenvalue weighted by atomic mass is 10.1. The number of aromatic nitrogens is 2. The number of benzene rings is 1. The van der Waals surface area contributed by atoms with Crippen molar-refractivity contribution in [2.75, 3.05) is 14.2 Å². The SMILES string of the molecule is COc1ccc(OC)c(C(C)NC(=O)c2[nH]ncc2I)c1. The number of rotatable bonds is 5. The van der Waals surface area contributed by atoms with Crippen LogP contribution in [0.25, 0.3) is 0 Å². The summed E-state index contributed by atoms with van der Waals surface area (Å²) in [5.41, 5.74) is 1.30. The number of aromatic amines is 1. The Bertz CT molecular complexity index is 642. The molecule has 0 spiro atoms. The van der Waals surface area contributed by atoms with Gasteiger partial charge in [0, 0.05) is 5.56 Å². The van der Waals surface area contributed by atoms with Gasteiger partial charge in [-0.2, -0.15) is 5.10 Å². The van der Waals surface area contributed by atoms with Crippen molar-refractivity contribution in [3.63, 3.8) is 0 Å². The van der Waals surface area contributed by atoms with Crippen molar-refractivity contribution in [1.82, 2.24) is 15.5 Å². The van der Waals surface area contributed by atoms with E-state index < -0.39 is 0 Å². The van der Waals surface area contributed by atoms with Crippen molar-refractivity contribution >= 4 is 28.5 Å². The van der Waals surface area contributed by atoms with E-state index in [1.807, 2.05) is 25.1 Å². The van der Waals surface area contributed by atoms with Crippen molar-refractivity contribution < 1.29 is 14.3 Å². The molecule has 0 fully saturated rings. The molecule has 0 saturated heterocycles. The van der Waals surface area contributed by atoms with Crippen LogP contribution in [0.2, 0.25) is 0 Å². The largest absolute Gasteiger partial charge is 0.497 e. The summed E-state index contributed by atoms with van der Waals surface area (Å²) in [4.78, 5) is 12.2. The molecule has 1 amide bonds. The van der Waals surface area contributed by atoms with Crippen LogP contribution in [0, 0.1) is 3.57 Å². The van der Waals surface area contributed by atoms with Gasteiger partial charge in [0.2, 0.25) is 0 Å². The minimum absolute atomic E-state index is 0.214. The molecule has 0 aliphatic carbocycles. The zero-order valence-corrected chi connectivity index (χ0v) is 14.1. The second-order valence-electron chi connectivity index (χ2n) is 4.40. The Morgan fingerprint density at radius 3 is 2.71 bits per heavy atom. The fourth-order valence-electron chi connectivity index (χ4n) is 1.96. The quantitative estimate of drug-likeness (QED) is 0.756. The van der Waals surface area contributed by atoms with Crippen LogP contribution in [-0.4, -0.2) is 30.3 Å². The minimum atomic E-state index is -0.235. The molecule has 1 unspecified atom stereocenters. The van der Waals surface area contributed by atoms with Crippen LogP contribution in [0.5, 0.6) is 11.5 Å². The summed E-state index contributed by atoms with van der Waals surface area (Å²) in [5.74, 6) is 1.19. The van der Waals surface area contributed by atoms with E-state index in [1.165, 1.54) is 0 Å². The van der Waals surface area contributed by atoms with Gasteiger partial charge in [-0.05, 0) is 47.7 Å². The first kappa shape index (κ1) is 15.6. The van der Waals surface area contributed by atoms with E-state index in [-0.39, 0.29) is 11.9 Å². The fraction of sp³-hybridized carbons (Fsp3) is 0.286. The number of amides is 1. The van der Waals surface area contributed by atoms with Crippen molar-refractivity contribution in [3.05, 3.63) is 39.2 Å². The van der Waals surface area contributed by atoms with E-state index in [2.05, 4.69) is 38.1 Å². The van der Waals surface area contributed by atoms with E-state index in [0.717, 1.165) is 9.13 Å². The second-order valence-corrected chi connectivity index (χ2v) is 5.56. The lowest BCUT2D eigenvalue weighted by Crippen LogP contribution is -2.27. The number of hydrogen-bond donors (Lipinski definition) is 2. The molecule has 2 aromatic rings. The van der Waals surface area contributed by atoms with Gasteiger partial charge in [-0.1, -0.05) is 0 Å². The Morgan fingerprint density at radius 2 is 2.14 bits per heavy atom. The molecule has 2 N–H and O–H groups in total. The predicted molar refractivity (Wildman–Crippen MR) is 86.7 cm³/mol. The maximum Gasteiger partial charge on any atom is 0.270 e. The van der Waals surface area contributed by atoms with Gasteiger partial charge in [0.25, 0.3) is 5.91 Å². The van der Waals surface area contributed by atoms with E-state index in [4.69, 9.17) is 9.47 Å². The highest BCUT2D eigenvalue weighted by Gasteiger charge is 2.18. The van der Waals surface area contributed by atoms with E-state index in [9.17, 15) is 4.79 Å². The van der Waals surface area contributed by atoms with Gasteiger partial charge in [-0.3, -0.25) is 9.89 Å². The zero-order valence-electron chi connectivity index (χ0n) is 11.9. The lowest BCUT2D eigenvalue weighted by molar-refractivity contribution is 0.0933. The molecule has 7 heteroatoms. The van der Waals surface area contributed by atoms with Gasteiger partial charge in [-0.25, -0.2) is 0 Å². The molecule has 2 rings (SSSR count). The molecular weight excluding hydrogens is 385 g/mol. The summed E-state index contributed by atoms with van der Waals surface area (Å²) in [5, 5.41) is 9.45. The third-order valence-corrected chi connectivity index (χ3v) is 3.89. The van der Waals surface area contributed by atoms with Crippen LogP contribution >= 0.6 is 22.6 Å². The number of H-pyrrole nitrogens is 1. The third kappa shape index (κ3) is 3.46. The maximum absolute atomic E-state index is 12.2. The topological polar surface area (TPSA) is 76.2 Å².